The number of hydrogen-bond acceptors (Lipinski definition) is 5. The lowest BCUT2D eigenvalue weighted by atomic mass is 10.1. The molecule has 2 aliphatic heterocycles. The summed E-state index contributed by atoms with van der Waals surface area (Å²) >= 11 is 7.49. The summed E-state index contributed by atoms with van der Waals surface area (Å²) < 4.78 is 0. The number of nitrogens with one attached hydrogen (secondary N) is 2. The molecule has 2 aliphatic rings. The first kappa shape index (κ1) is 19.5. The standard InChI is InChI=1S/C18H25ClN4O2S/c19-15-4-2-14(3-5-15)18(25)23-13-26-12-16(23)17(24)21-6-1-9-22-10-7-20-8-11-22/h2-5,16,20H,1,6-13H2,(H,21,24). The van der Waals surface area contributed by atoms with Gasteiger partial charge < -0.3 is 20.4 Å². The maximum absolute atomic E-state index is 12.7. The summed E-state index contributed by atoms with van der Waals surface area (Å²) in [5.41, 5.74) is 0.563. The van der Waals surface area contributed by atoms with Gasteiger partial charge in [0.2, 0.25) is 5.91 Å². The largest absolute Gasteiger partial charge is 0.354 e. The lowest BCUT2D eigenvalue weighted by molar-refractivity contribution is -0.124. The number of amides is 2. The van der Waals surface area contributed by atoms with E-state index in [1.165, 1.54) is 0 Å². The minimum atomic E-state index is -0.401. The molecule has 2 N–H and O–H groups in total. The summed E-state index contributed by atoms with van der Waals surface area (Å²) in [6.45, 7) is 5.84. The van der Waals surface area contributed by atoms with Gasteiger partial charge in [0, 0.05) is 49.1 Å². The molecule has 6 nitrogen and oxygen atoms in total. The molecule has 26 heavy (non-hydrogen) atoms. The number of hydrogen-bond donors (Lipinski definition) is 2. The minimum Gasteiger partial charge on any atom is -0.354 e. The van der Waals surface area contributed by atoms with Crippen molar-refractivity contribution in [3.05, 3.63) is 34.9 Å². The Labute approximate surface area is 163 Å². The Hall–Kier alpha value is -1.28. The maximum atomic E-state index is 12.7. The summed E-state index contributed by atoms with van der Waals surface area (Å²) in [5, 5.41) is 6.93. The van der Waals surface area contributed by atoms with Gasteiger partial charge in [-0.1, -0.05) is 11.6 Å². The Morgan fingerprint density at radius 3 is 2.69 bits per heavy atom. The molecular weight excluding hydrogens is 372 g/mol. The van der Waals surface area contributed by atoms with Gasteiger partial charge in [-0.25, -0.2) is 0 Å². The highest BCUT2D eigenvalue weighted by molar-refractivity contribution is 7.99. The predicted molar refractivity (Wildman–Crippen MR) is 106 cm³/mol. The number of benzene rings is 1. The molecule has 0 spiro atoms. The fourth-order valence-corrected chi connectivity index (χ4v) is 4.46. The van der Waals surface area contributed by atoms with Crippen LogP contribution in [-0.4, -0.2) is 78.6 Å². The van der Waals surface area contributed by atoms with Gasteiger partial charge >= 0.3 is 0 Å². The second-order valence-corrected chi connectivity index (χ2v) is 7.97. The number of thioether (sulfide) groups is 1. The van der Waals surface area contributed by atoms with Gasteiger partial charge in [-0.2, -0.15) is 0 Å². The smallest absolute Gasteiger partial charge is 0.255 e. The molecule has 0 radical (unpaired) electrons. The van der Waals surface area contributed by atoms with Crippen LogP contribution in [0, 0.1) is 0 Å². The first-order valence-electron chi connectivity index (χ1n) is 9.00. The second-order valence-electron chi connectivity index (χ2n) is 6.53. The number of piperazine rings is 1. The number of carbonyl (C=O) groups is 2. The third-order valence-corrected chi connectivity index (χ3v) is 5.96. The summed E-state index contributed by atoms with van der Waals surface area (Å²) in [4.78, 5) is 29.3. The third kappa shape index (κ3) is 5.13. The van der Waals surface area contributed by atoms with Gasteiger partial charge in [-0.05, 0) is 37.2 Å². The molecular formula is C18H25ClN4O2S. The summed E-state index contributed by atoms with van der Waals surface area (Å²) in [7, 11) is 0. The molecule has 3 rings (SSSR count). The molecule has 0 bridgehead atoms. The van der Waals surface area contributed by atoms with E-state index in [0.717, 1.165) is 39.1 Å². The first-order chi connectivity index (χ1) is 12.6. The van der Waals surface area contributed by atoms with Crippen molar-refractivity contribution in [1.29, 1.82) is 0 Å². The topological polar surface area (TPSA) is 64.7 Å². The van der Waals surface area contributed by atoms with E-state index in [9.17, 15) is 9.59 Å². The van der Waals surface area contributed by atoms with Crippen LogP contribution in [0.15, 0.2) is 24.3 Å². The van der Waals surface area contributed by atoms with Crippen LogP contribution in [0.3, 0.4) is 0 Å². The molecule has 2 fully saturated rings. The van der Waals surface area contributed by atoms with Crippen LogP contribution in [0.25, 0.3) is 0 Å². The van der Waals surface area contributed by atoms with Gasteiger partial charge in [0.05, 0.1) is 5.88 Å². The van der Waals surface area contributed by atoms with E-state index >= 15 is 0 Å². The van der Waals surface area contributed by atoms with Crippen molar-refractivity contribution < 1.29 is 9.59 Å². The Morgan fingerprint density at radius 1 is 1.23 bits per heavy atom. The third-order valence-electron chi connectivity index (χ3n) is 4.70. The lowest BCUT2D eigenvalue weighted by Crippen LogP contribution is -2.48. The number of carbonyl (C=O) groups excluding carboxylic acids is 2. The lowest BCUT2D eigenvalue weighted by Gasteiger charge is -2.27. The van der Waals surface area contributed by atoms with Gasteiger partial charge in [0.15, 0.2) is 0 Å². The average molecular weight is 397 g/mol. The van der Waals surface area contributed by atoms with Crippen LogP contribution < -0.4 is 10.6 Å². The highest BCUT2D eigenvalue weighted by Crippen LogP contribution is 2.24. The van der Waals surface area contributed by atoms with E-state index in [1.807, 2.05) is 0 Å². The first-order valence-corrected chi connectivity index (χ1v) is 10.5. The van der Waals surface area contributed by atoms with E-state index in [4.69, 9.17) is 11.6 Å². The zero-order valence-electron chi connectivity index (χ0n) is 14.7. The molecule has 1 unspecified atom stereocenters. The Morgan fingerprint density at radius 2 is 1.96 bits per heavy atom. The zero-order chi connectivity index (χ0) is 18.4. The van der Waals surface area contributed by atoms with Crippen LogP contribution in [0.1, 0.15) is 16.8 Å². The van der Waals surface area contributed by atoms with E-state index < -0.39 is 6.04 Å². The molecule has 2 amide bonds. The van der Waals surface area contributed by atoms with E-state index in [0.29, 0.717) is 28.8 Å². The number of halogens is 1. The second kappa shape index (κ2) is 9.60. The van der Waals surface area contributed by atoms with E-state index in [2.05, 4.69) is 15.5 Å². The van der Waals surface area contributed by atoms with E-state index in [-0.39, 0.29) is 11.8 Å². The van der Waals surface area contributed by atoms with Crippen LogP contribution in [0.4, 0.5) is 0 Å². The SMILES string of the molecule is O=C(NCCCN1CCNCC1)C1CSCN1C(=O)c1ccc(Cl)cc1. The molecule has 1 aromatic carbocycles. The van der Waals surface area contributed by atoms with Gasteiger partial charge in [-0.3, -0.25) is 9.59 Å². The monoisotopic (exact) mass is 396 g/mol. The molecule has 142 valence electrons. The number of rotatable bonds is 6. The Kier molecular flexibility index (Phi) is 7.19. The fraction of sp³-hybridized carbons (Fsp3) is 0.556. The average Bonchev–Trinajstić information content (AvgIpc) is 3.16. The van der Waals surface area contributed by atoms with Crippen molar-refractivity contribution in [2.24, 2.45) is 0 Å². The molecule has 2 heterocycles. The number of nitrogens with zero attached hydrogens (tertiary/aromatic N) is 2. The van der Waals surface area contributed by atoms with Crippen molar-refractivity contribution in [3.63, 3.8) is 0 Å². The van der Waals surface area contributed by atoms with Crippen molar-refractivity contribution in [2.75, 3.05) is 50.9 Å². The van der Waals surface area contributed by atoms with Gasteiger partial charge in [0.1, 0.15) is 6.04 Å². The van der Waals surface area contributed by atoms with Crippen molar-refractivity contribution >= 4 is 35.2 Å². The normalized spacial score (nSPS) is 21.0. The molecule has 2 saturated heterocycles. The minimum absolute atomic E-state index is 0.0578. The summed E-state index contributed by atoms with van der Waals surface area (Å²) in [6.07, 6.45) is 0.927. The fourth-order valence-electron chi connectivity index (χ4n) is 3.19. The molecule has 0 saturated carbocycles. The highest BCUT2D eigenvalue weighted by atomic mass is 35.5. The summed E-state index contributed by atoms with van der Waals surface area (Å²) in [6, 6.07) is 6.40. The maximum Gasteiger partial charge on any atom is 0.255 e. The predicted octanol–water partition coefficient (Wildman–Crippen LogP) is 1.27. The Balaban J connectivity index is 1.46. The Bertz CT molecular complexity index is 622. The van der Waals surface area contributed by atoms with Crippen molar-refractivity contribution in [2.45, 2.75) is 12.5 Å². The quantitative estimate of drug-likeness (QED) is 0.709. The van der Waals surface area contributed by atoms with Crippen LogP contribution >= 0.6 is 23.4 Å². The van der Waals surface area contributed by atoms with Gasteiger partial charge in [0.25, 0.3) is 5.91 Å². The van der Waals surface area contributed by atoms with Crippen molar-refractivity contribution in [1.82, 2.24) is 20.4 Å². The molecule has 8 heteroatoms. The van der Waals surface area contributed by atoms with Crippen molar-refractivity contribution in [3.8, 4) is 0 Å². The molecule has 0 aliphatic carbocycles. The van der Waals surface area contributed by atoms with E-state index in [1.54, 1.807) is 40.9 Å². The van der Waals surface area contributed by atoms with Crippen LogP contribution in [0.2, 0.25) is 5.02 Å². The van der Waals surface area contributed by atoms with Crippen LogP contribution in [0.5, 0.6) is 0 Å². The zero-order valence-corrected chi connectivity index (χ0v) is 16.3. The molecule has 1 aromatic rings. The van der Waals surface area contributed by atoms with Gasteiger partial charge in [-0.15, -0.1) is 11.8 Å². The molecule has 0 aromatic heterocycles. The highest BCUT2D eigenvalue weighted by Gasteiger charge is 2.34. The van der Waals surface area contributed by atoms with Crippen LogP contribution in [-0.2, 0) is 4.79 Å². The summed E-state index contributed by atoms with van der Waals surface area (Å²) in [5.74, 6) is 1.01. The molecule has 1 atom stereocenters.